The first kappa shape index (κ1) is 32.8. The van der Waals surface area contributed by atoms with E-state index in [9.17, 15) is 9.59 Å². The van der Waals surface area contributed by atoms with Crippen LogP contribution in [0.2, 0.25) is 0 Å². The number of alkyl carbamates (subject to hydrolysis) is 1. The van der Waals surface area contributed by atoms with Gasteiger partial charge in [-0.2, -0.15) is 0 Å². The van der Waals surface area contributed by atoms with Gasteiger partial charge in [0.05, 0.1) is 10.4 Å². The van der Waals surface area contributed by atoms with Crippen molar-refractivity contribution in [1.29, 1.82) is 0 Å². The Morgan fingerprint density at radius 3 is 1.95 bits per heavy atom. The SMILES string of the molecule is CC1CCCCC1.Cc1ccccc1.Cc1ccccc1.O=CNCCCCNC(=O)OCc1cncs1. The smallest absolute Gasteiger partial charge is 0.407 e. The number of rotatable bonds is 8. The Labute approximate surface area is 233 Å². The van der Waals surface area contributed by atoms with E-state index < -0.39 is 6.09 Å². The summed E-state index contributed by atoms with van der Waals surface area (Å²) in [6.07, 6.45) is 11.0. The highest BCUT2D eigenvalue weighted by atomic mass is 32.1. The molecule has 1 fully saturated rings. The van der Waals surface area contributed by atoms with Gasteiger partial charge < -0.3 is 15.4 Å². The number of unbranched alkanes of at least 4 members (excludes halogenated alkanes) is 1. The third-order valence-corrected chi connectivity index (χ3v) is 6.46. The maximum atomic E-state index is 11.2. The van der Waals surface area contributed by atoms with E-state index in [0.717, 1.165) is 23.6 Å². The summed E-state index contributed by atoms with van der Waals surface area (Å²) in [5.41, 5.74) is 4.33. The average molecular weight is 540 g/mol. The Kier molecular flexibility index (Phi) is 19.8. The fraction of sp³-hybridized carbons (Fsp3) is 0.452. The molecule has 1 aromatic heterocycles. The number of hydrogen-bond donors (Lipinski definition) is 2. The molecule has 0 radical (unpaired) electrons. The molecular weight excluding hydrogens is 494 g/mol. The summed E-state index contributed by atoms with van der Waals surface area (Å²) in [6, 6.07) is 20.5. The van der Waals surface area contributed by atoms with Gasteiger partial charge in [-0.1, -0.05) is 111 Å². The first-order chi connectivity index (χ1) is 18.5. The number of carbonyl (C=O) groups excluding carboxylic acids is 2. The predicted octanol–water partition coefficient (Wildman–Crippen LogP) is 7.47. The number of nitrogens with zero attached hydrogens (tertiary/aromatic N) is 1. The highest BCUT2D eigenvalue weighted by molar-refractivity contribution is 7.09. The van der Waals surface area contributed by atoms with E-state index in [1.807, 2.05) is 36.4 Å². The molecule has 0 saturated heterocycles. The fourth-order valence-electron chi connectivity index (χ4n) is 3.48. The van der Waals surface area contributed by atoms with Crippen LogP contribution in [0.1, 0.15) is 67.9 Å². The fourth-order valence-corrected chi connectivity index (χ4v) is 3.98. The molecule has 7 heteroatoms. The molecule has 3 aromatic rings. The molecule has 0 atom stereocenters. The molecule has 1 saturated carbocycles. The van der Waals surface area contributed by atoms with Gasteiger partial charge in [0.1, 0.15) is 6.61 Å². The zero-order valence-electron chi connectivity index (χ0n) is 23.2. The van der Waals surface area contributed by atoms with E-state index in [1.165, 1.54) is 54.6 Å². The summed E-state index contributed by atoms with van der Waals surface area (Å²) in [4.78, 5) is 25.9. The molecule has 1 aliphatic rings. The molecule has 0 aliphatic heterocycles. The number of aryl methyl sites for hydroxylation is 2. The third-order valence-electron chi connectivity index (χ3n) is 5.70. The molecule has 0 unspecified atom stereocenters. The van der Waals surface area contributed by atoms with Gasteiger partial charge in [-0.05, 0) is 32.6 Å². The molecule has 4 rings (SSSR count). The monoisotopic (exact) mass is 539 g/mol. The molecular formula is C31H45N3O3S. The Morgan fingerprint density at radius 1 is 0.947 bits per heavy atom. The van der Waals surface area contributed by atoms with Crippen LogP contribution in [-0.4, -0.2) is 30.6 Å². The van der Waals surface area contributed by atoms with Gasteiger partial charge in [0, 0.05) is 19.3 Å². The highest BCUT2D eigenvalue weighted by Crippen LogP contribution is 2.22. The summed E-state index contributed by atoms with van der Waals surface area (Å²) in [7, 11) is 0. The summed E-state index contributed by atoms with van der Waals surface area (Å²) >= 11 is 1.44. The zero-order chi connectivity index (χ0) is 27.7. The average Bonchev–Trinajstić information content (AvgIpc) is 3.46. The predicted molar refractivity (Wildman–Crippen MR) is 158 cm³/mol. The molecule has 6 nitrogen and oxygen atoms in total. The lowest BCUT2D eigenvalue weighted by Gasteiger charge is -2.15. The van der Waals surface area contributed by atoms with Gasteiger partial charge >= 0.3 is 6.09 Å². The van der Waals surface area contributed by atoms with Crippen molar-refractivity contribution in [2.75, 3.05) is 13.1 Å². The third kappa shape index (κ3) is 19.9. The second-order valence-electron chi connectivity index (χ2n) is 9.30. The van der Waals surface area contributed by atoms with Crippen molar-refractivity contribution in [2.24, 2.45) is 5.92 Å². The first-order valence-corrected chi connectivity index (χ1v) is 14.4. The molecule has 2 N–H and O–H groups in total. The van der Waals surface area contributed by atoms with Gasteiger partial charge in [0.25, 0.3) is 0 Å². The minimum atomic E-state index is -0.429. The largest absolute Gasteiger partial charge is 0.444 e. The quantitative estimate of drug-likeness (QED) is 0.230. The van der Waals surface area contributed by atoms with Gasteiger partial charge in [0.2, 0.25) is 6.41 Å². The molecule has 1 heterocycles. The number of carbonyl (C=O) groups is 2. The molecule has 0 bridgehead atoms. The topological polar surface area (TPSA) is 80.3 Å². The van der Waals surface area contributed by atoms with Crippen LogP contribution in [0.3, 0.4) is 0 Å². The van der Waals surface area contributed by atoms with Crippen LogP contribution >= 0.6 is 11.3 Å². The second kappa shape index (κ2) is 23.0. The Bertz CT molecular complexity index is 894. The summed E-state index contributed by atoms with van der Waals surface area (Å²) < 4.78 is 4.96. The van der Waals surface area contributed by atoms with E-state index in [4.69, 9.17) is 4.74 Å². The van der Waals surface area contributed by atoms with Crippen molar-refractivity contribution in [3.05, 3.63) is 88.4 Å². The van der Waals surface area contributed by atoms with Crippen LogP contribution in [0.4, 0.5) is 4.79 Å². The van der Waals surface area contributed by atoms with Crippen LogP contribution in [0.5, 0.6) is 0 Å². The standard InChI is InChI=1S/C10H15N3O3S.C7H14.2C7H8/c14-7-11-3-1-2-4-13-10(15)16-6-9-5-12-8-17-9;3*1-7-5-3-2-4-6-7/h5,7-8H,1-4,6H2,(H,11,14)(H,13,15);7H,2-6H2,1H3;2*2-6H,1H3. The van der Waals surface area contributed by atoms with Crippen molar-refractivity contribution in [2.45, 2.75) is 72.3 Å². The summed E-state index contributed by atoms with van der Waals surface area (Å²) in [5.74, 6) is 1.04. The van der Waals surface area contributed by atoms with Crippen molar-refractivity contribution >= 4 is 23.8 Å². The maximum absolute atomic E-state index is 11.2. The number of nitrogens with one attached hydrogen (secondary N) is 2. The van der Waals surface area contributed by atoms with E-state index in [0.29, 0.717) is 19.5 Å². The van der Waals surface area contributed by atoms with Gasteiger partial charge in [0.15, 0.2) is 0 Å². The number of hydrogen-bond acceptors (Lipinski definition) is 5. The number of amides is 2. The Morgan fingerprint density at radius 2 is 1.53 bits per heavy atom. The normalized spacial score (nSPS) is 12.2. The number of ether oxygens (including phenoxy) is 1. The van der Waals surface area contributed by atoms with Crippen molar-refractivity contribution < 1.29 is 14.3 Å². The van der Waals surface area contributed by atoms with Crippen LogP contribution < -0.4 is 10.6 Å². The minimum absolute atomic E-state index is 0.253. The van der Waals surface area contributed by atoms with E-state index in [1.54, 1.807) is 11.7 Å². The molecule has 38 heavy (non-hydrogen) atoms. The van der Waals surface area contributed by atoms with E-state index in [-0.39, 0.29) is 6.61 Å². The molecule has 0 spiro atoms. The van der Waals surface area contributed by atoms with Crippen LogP contribution in [0, 0.1) is 19.8 Å². The lowest BCUT2D eigenvalue weighted by molar-refractivity contribution is -0.109. The van der Waals surface area contributed by atoms with Gasteiger partial charge in [-0.15, -0.1) is 11.3 Å². The van der Waals surface area contributed by atoms with Gasteiger partial charge in [-0.25, -0.2) is 4.79 Å². The molecule has 1 aliphatic carbocycles. The van der Waals surface area contributed by atoms with Gasteiger partial charge in [-0.3, -0.25) is 9.78 Å². The first-order valence-electron chi connectivity index (χ1n) is 13.5. The van der Waals surface area contributed by atoms with Crippen molar-refractivity contribution in [1.82, 2.24) is 15.6 Å². The molecule has 208 valence electrons. The maximum Gasteiger partial charge on any atom is 0.407 e. The summed E-state index contributed by atoms with van der Waals surface area (Å²) in [5, 5.41) is 5.18. The Hall–Kier alpha value is -3.19. The van der Waals surface area contributed by atoms with Crippen molar-refractivity contribution in [3.8, 4) is 0 Å². The molecule has 2 aromatic carbocycles. The zero-order valence-corrected chi connectivity index (χ0v) is 24.1. The number of thiazole rings is 1. The minimum Gasteiger partial charge on any atom is -0.444 e. The van der Waals surface area contributed by atoms with E-state index >= 15 is 0 Å². The molecule has 2 amide bonds. The van der Waals surface area contributed by atoms with Crippen molar-refractivity contribution in [3.63, 3.8) is 0 Å². The number of aromatic nitrogens is 1. The van der Waals surface area contributed by atoms with Crippen LogP contribution in [0.25, 0.3) is 0 Å². The lowest BCUT2D eigenvalue weighted by atomic mass is 9.91. The van der Waals surface area contributed by atoms with E-state index in [2.05, 4.69) is 60.7 Å². The summed E-state index contributed by atoms with van der Waals surface area (Å²) in [6.45, 7) is 7.95. The second-order valence-corrected chi connectivity index (χ2v) is 10.3. The Balaban J connectivity index is 0.000000283. The highest BCUT2D eigenvalue weighted by Gasteiger charge is 2.06. The lowest BCUT2D eigenvalue weighted by Crippen LogP contribution is -2.25. The van der Waals surface area contributed by atoms with Crippen LogP contribution in [-0.2, 0) is 16.1 Å². The van der Waals surface area contributed by atoms with Crippen LogP contribution in [0.15, 0.2) is 72.4 Å². The number of benzene rings is 2.